The first kappa shape index (κ1) is 15.4. The molecule has 1 unspecified atom stereocenters. The number of nitrogens with one attached hydrogen (secondary N) is 2. The van der Waals surface area contributed by atoms with E-state index in [1.54, 1.807) is 13.3 Å². The Morgan fingerprint density at radius 2 is 2.32 bits per heavy atom. The van der Waals surface area contributed by atoms with Crippen LogP contribution in [0.2, 0.25) is 0 Å². The summed E-state index contributed by atoms with van der Waals surface area (Å²) in [6.07, 6.45) is 2.51. The minimum absolute atomic E-state index is 0.313. The molecule has 0 saturated carbocycles. The number of thiazole rings is 1. The van der Waals surface area contributed by atoms with Crippen molar-refractivity contribution in [1.82, 2.24) is 10.3 Å². The number of carbonyl (C=O) groups is 2. The molecule has 0 aromatic carbocycles. The second kappa shape index (κ2) is 7.70. The van der Waals surface area contributed by atoms with Crippen LogP contribution in [-0.4, -0.2) is 41.8 Å². The Morgan fingerprint density at radius 1 is 1.58 bits per heavy atom. The average Bonchev–Trinajstić information content (AvgIpc) is 2.73. The van der Waals surface area contributed by atoms with E-state index in [4.69, 9.17) is 9.84 Å². The standard InChI is InChI=1S/C11H17N3O4S/c1-7-6-12-11(19-7)14-10(17)13-8(9(15)16)4-3-5-18-2/h6,8H,3-5H2,1-2H3,(H,15,16)(H2,12,13,14,17). The summed E-state index contributed by atoms with van der Waals surface area (Å²) >= 11 is 1.32. The lowest BCUT2D eigenvalue weighted by Crippen LogP contribution is -2.43. The number of aryl methyl sites for hydroxylation is 1. The van der Waals surface area contributed by atoms with Gasteiger partial charge in [0.15, 0.2) is 5.13 Å². The molecule has 19 heavy (non-hydrogen) atoms. The Morgan fingerprint density at radius 3 is 2.84 bits per heavy atom. The van der Waals surface area contributed by atoms with Gasteiger partial charge < -0.3 is 15.2 Å². The van der Waals surface area contributed by atoms with Crippen molar-refractivity contribution in [1.29, 1.82) is 0 Å². The van der Waals surface area contributed by atoms with E-state index >= 15 is 0 Å². The fraction of sp³-hybridized carbons (Fsp3) is 0.545. The maximum atomic E-state index is 11.6. The van der Waals surface area contributed by atoms with E-state index < -0.39 is 18.0 Å². The van der Waals surface area contributed by atoms with Gasteiger partial charge in [-0.15, -0.1) is 11.3 Å². The van der Waals surface area contributed by atoms with Gasteiger partial charge in [0.2, 0.25) is 0 Å². The summed E-state index contributed by atoms with van der Waals surface area (Å²) in [6.45, 7) is 2.32. The third kappa shape index (κ3) is 5.66. The number of methoxy groups -OCH3 is 1. The van der Waals surface area contributed by atoms with Crippen LogP contribution in [0.5, 0.6) is 0 Å². The van der Waals surface area contributed by atoms with Crippen molar-refractivity contribution in [2.45, 2.75) is 25.8 Å². The van der Waals surface area contributed by atoms with Crippen LogP contribution >= 0.6 is 11.3 Å². The molecule has 0 aliphatic carbocycles. The van der Waals surface area contributed by atoms with E-state index in [0.717, 1.165) is 4.88 Å². The molecule has 1 aromatic rings. The third-order valence-corrected chi connectivity index (χ3v) is 3.11. The zero-order chi connectivity index (χ0) is 14.3. The number of aromatic nitrogens is 1. The third-order valence-electron chi connectivity index (χ3n) is 2.29. The molecule has 0 fully saturated rings. The smallest absolute Gasteiger partial charge is 0.326 e. The van der Waals surface area contributed by atoms with Crippen LogP contribution in [0.1, 0.15) is 17.7 Å². The highest BCUT2D eigenvalue weighted by atomic mass is 32.1. The Balaban J connectivity index is 2.44. The normalized spacial score (nSPS) is 11.9. The summed E-state index contributed by atoms with van der Waals surface area (Å²) in [7, 11) is 1.54. The highest BCUT2D eigenvalue weighted by molar-refractivity contribution is 7.15. The summed E-state index contributed by atoms with van der Waals surface area (Å²) in [5.41, 5.74) is 0. The Kier molecular flexibility index (Phi) is 6.23. The first-order valence-electron chi connectivity index (χ1n) is 5.74. The minimum atomic E-state index is -1.07. The van der Waals surface area contributed by atoms with Crippen molar-refractivity contribution < 1.29 is 19.4 Å². The number of carboxylic acid groups (broad SMARTS) is 1. The SMILES string of the molecule is COCCCC(NC(=O)Nc1ncc(C)s1)C(=O)O. The molecule has 1 rings (SSSR count). The van der Waals surface area contributed by atoms with Gasteiger partial charge in [-0.05, 0) is 19.8 Å². The summed E-state index contributed by atoms with van der Waals surface area (Å²) < 4.78 is 4.85. The lowest BCUT2D eigenvalue weighted by Gasteiger charge is -2.14. The number of urea groups is 1. The number of amides is 2. The van der Waals surface area contributed by atoms with E-state index in [9.17, 15) is 9.59 Å². The number of hydrogen-bond acceptors (Lipinski definition) is 5. The zero-order valence-corrected chi connectivity index (χ0v) is 11.6. The number of nitrogens with zero attached hydrogens (tertiary/aromatic N) is 1. The minimum Gasteiger partial charge on any atom is -0.480 e. The van der Waals surface area contributed by atoms with Crippen LogP contribution in [0, 0.1) is 6.92 Å². The van der Waals surface area contributed by atoms with Gasteiger partial charge in [-0.2, -0.15) is 0 Å². The molecule has 0 radical (unpaired) electrons. The maximum Gasteiger partial charge on any atom is 0.326 e. The molecular formula is C11H17N3O4S. The lowest BCUT2D eigenvalue weighted by molar-refractivity contribution is -0.139. The number of aliphatic carboxylic acids is 1. The van der Waals surface area contributed by atoms with Crippen LogP contribution < -0.4 is 10.6 Å². The lowest BCUT2D eigenvalue weighted by atomic mass is 10.1. The molecular weight excluding hydrogens is 270 g/mol. The Hall–Kier alpha value is -1.67. The van der Waals surface area contributed by atoms with Crippen molar-refractivity contribution in [3.05, 3.63) is 11.1 Å². The van der Waals surface area contributed by atoms with Crippen molar-refractivity contribution >= 4 is 28.5 Å². The largest absolute Gasteiger partial charge is 0.480 e. The number of carboxylic acids is 1. The predicted octanol–water partition coefficient (Wildman–Crippen LogP) is 1.45. The number of anilines is 1. The van der Waals surface area contributed by atoms with Gasteiger partial charge in [-0.1, -0.05) is 0 Å². The van der Waals surface area contributed by atoms with E-state index in [0.29, 0.717) is 24.6 Å². The van der Waals surface area contributed by atoms with E-state index in [1.807, 2.05) is 6.92 Å². The fourth-order valence-corrected chi connectivity index (χ4v) is 2.05. The van der Waals surface area contributed by atoms with E-state index in [1.165, 1.54) is 11.3 Å². The highest BCUT2D eigenvalue weighted by Crippen LogP contribution is 2.16. The summed E-state index contributed by atoms with van der Waals surface area (Å²) in [5.74, 6) is -1.07. The van der Waals surface area contributed by atoms with Crippen LogP contribution in [0.4, 0.5) is 9.93 Å². The molecule has 1 heterocycles. The second-order valence-corrected chi connectivity index (χ2v) is 5.14. The molecule has 2 amide bonds. The first-order chi connectivity index (χ1) is 9.02. The molecule has 0 aliphatic rings. The molecule has 1 aromatic heterocycles. The molecule has 1 atom stereocenters. The summed E-state index contributed by atoms with van der Waals surface area (Å²) in [4.78, 5) is 27.5. The number of carbonyl (C=O) groups excluding carboxylic acids is 1. The van der Waals surface area contributed by atoms with Gasteiger partial charge in [-0.25, -0.2) is 14.6 Å². The Bertz CT molecular complexity index is 435. The van der Waals surface area contributed by atoms with Crippen molar-refractivity contribution in [3.8, 4) is 0 Å². The molecule has 106 valence electrons. The predicted molar refractivity (Wildman–Crippen MR) is 71.5 cm³/mol. The Labute approximate surface area is 115 Å². The molecule has 0 aliphatic heterocycles. The van der Waals surface area contributed by atoms with E-state index in [2.05, 4.69) is 15.6 Å². The number of hydrogen-bond donors (Lipinski definition) is 3. The fourth-order valence-electron chi connectivity index (χ4n) is 1.39. The quantitative estimate of drug-likeness (QED) is 0.659. The van der Waals surface area contributed by atoms with Gasteiger partial charge in [0, 0.05) is 24.8 Å². The van der Waals surface area contributed by atoms with E-state index in [-0.39, 0.29) is 0 Å². The first-order valence-corrected chi connectivity index (χ1v) is 6.56. The summed E-state index contributed by atoms with van der Waals surface area (Å²) in [5, 5.41) is 14.3. The van der Waals surface area contributed by atoms with Crippen molar-refractivity contribution in [2.24, 2.45) is 0 Å². The zero-order valence-electron chi connectivity index (χ0n) is 10.8. The van der Waals surface area contributed by atoms with Crippen LogP contribution in [0.25, 0.3) is 0 Å². The van der Waals surface area contributed by atoms with Gasteiger partial charge in [0.1, 0.15) is 6.04 Å². The second-order valence-electron chi connectivity index (χ2n) is 3.90. The van der Waals surface area contributed by atoms with Crippen LogP contribution in [-0.2, 0) is 9.53 Å². The van der Waals surface area contributed by atoms with Crippen LogP contribution in [0.3, 0.4) is 0 Å². The molecule has 0 saturated heterocycles. The molecule has 3 N–H and O–H groups in total. The van der Waals surface area contributed by atoms with Crippen molar-refractivity contribution in [3.63, 3.8) is 0 Å². The molecule has 0 bridgehead atoms. The topological polar surface area (TPSA) is 101 Å². The van der Waals surface area contributed by atoms with Crippen LogP contribution in [0.15, 0.2) is 6.20 Å². The monoisotopic (exact) mass is 287 g/mol. The highest BCUT2D eigenvalue weighted by Gasteiger charge is 2.19. The average molecular weight is 287 g/mol. The van der Waals surface area contributed by atoms with Gasteiger partial charge in [-0.3, -0.25) is 5.32 Å². The molecule has 8 heteroatoms. The number of rotatable bonds is 7. The van der Waals surface area contributed by atoms with Gasteiger partial charge >= 0.3 is 12.0 Å². The molecule has 0 spiro atoms. The number of ether oxygens (including phenoxy) is 1. The maximum absolute atomic E-state index is 11.6. The van der Waals surface area contributed by atoms with Gasteiger partial charge in [0.05, 0.1) is 0 Å². The summed E-state index contributed by atoms with van der Waals surface area (Å²) in [6, 6.07) is -1.50. The molecule has 7 nitrogen and oxygen atoms in total. The van der Waals surface area contributed by atoms with Gasteiger partial charge in [0.25, 0.3) is 0 Å². The van der Waals surface area contributed by atoms with Crippen molar-refractivity contribution in [2.75, 3.05) is 19.0 Å².